The third-order valence-electron chi connectivity index (χ3n) is 3.15. The lowest BCUT2D eigenvalue weighted by Crippen LogP contribution is -2.26. The van der Waals surface area contributed by atoms with Gasteiger partial charge in [0.15, 0.2) is 0 Å². The molecule has 0 unspecified atom stereocenters. The lowest BCUT2D eigenvalue weighted by atomic mass is 10.1. The summed E-state index contributed by atoms with van der Waals surface area (Å²) in [4.78, 5) is 13.9. The van der Waals surface area contributed by atoms with Crippen LogP contribution in [0.4, 0.5) is 15.8 Å². The molecule has 4 heteroatoms. The Hall–Kier alpha value is -2.36. The first-order valence-electron chi connectivity index (χ1n) is 6.30. The van der Waals surface area contributed by atoms with E-state index >= 15 is 0 Å². The number of carbonyl (C=O) groups excluding carboxylic acids is 1. The molecule has 2 aromatic carbocycles. The Labute approximate surface area is 117 Å². The van der Waals surface area contributed by atoms with Crippen LogP contribution in [-0.4, -0.2) is 13.0 Å². The summed E-state index contributed by atoms with van der Waals surface area (Å²) in [5.41, 5.74) is 8.66. The highest BCUT2D eigenvalue weighted by Crippen LogP contribution is 2.20. The van der Waals surface area contributed by atoms with Gasteiger partial charge in [0.05, 0.1) is 5.69 Å². The van der Waals surface area contributed by atoms with E-state index < -0.39 is 5.82 Å². The van der Waals surface area contributed by atoms with Gasteiger partial charge in [-0.1, -0.05) is 6.07 Å². The van der Waals surface area contributed by atoms with Crippen LogP contribution in [0, 0.1) is 19.7 Å². The molecule has 0 aliphatic rings. The molecule has 0 aromatic heterocycles. The van der Waals surface area contributed by atoms with Crippen molar-refractivity contribution in [1.29, 1.82) is 0 Å². The zero-order valence-corrected chi connectivity index (χ0v) is 11.8. The highest BCUT2D eigenvalue weighted by atomic mass is 19.1. The Morgan fingerprint density at radius 3 is 2.25 bits per heavy atom. The lowest BCUT2D eigenvalue weighted by molar-refractivity contribution is 0.0992. The van der Waals surface area contributed by atoms with E-state index in [9.17, 15) is 9.18 Å². The first kappa shape index (κ1) is 14.1. The number of nitrogens with two attached hydrogens (primary N) is 1. The number of nitrogen functional groups attached to an aromatic ring is 1. The fraction of sp³-hybridized carbons (Fsp3) is 0.188. The summed E-state index contributed by atoms with van der Waals surface area (Å²) in [5, 5.41) is 0. The molecular formula is C16H17FN2O. The molecule has 104 valence electrons. The van der Waals surface area contributed by atoms with E-state index in [2.05, 4.69) is 0 Å². The minimum atomic E-state index is -0.579. The van der Waals surface area contributed by atoms with Gasteiger partial charge in [-0.05, 0) is 55.3 Å². The number of benzene rings is 2. The molecule has 0 fully saturated rings. The van der Waals surface area contributed by atoms with E-state index in [1.54, 1.807) is 7.05 Å². The second-order valence-corrected chi connectivity index (χ2v) is 4.95. The molecule has 20 heavy (non-hydrogen) atoms. The average Bonchev–Trinajstić information content (AvgIpc) is 2.39. The van der Waals surface area contributed by atoms with Crippen LogP contribution < -0.4 is 10.6 Å². The lowest BCUT2D eigenvalue weighted by Gasteiger charge is -2.19. The van der Waals surface area contributed by atoms with Crippen molar-refractivity contribution >= 4 is 17.3 Å². The van der Waals surface area contributed by atoms with Crippen molar-refractivity contribution in [2.75, 3.05) is 17.7 Å². The highest BCUT2D eigenvalue weighted by Gasteiger charge is 2.15. The number of anilines is 2. The van der Waals surface area contributed by atoms with Gasteiger partial charge in [-0.25, -0.2) is 4.39 Å². The number of rotatable bonds is 2. The molecular weight excluding hydrogens is 255 g/mol. The molecule has 0 atom stereocenters. The van der Waals surface area contributed by atoms with E-state index in [1.165, 1.54) is 17.0 Å². The maximum absolute atomic E-state index is 13.4. The molecule has 0 heterocycles. The minimum absolute atomic E-state index is 0.0376. The van der Waals surface area contributed by atoms with Crippen molar-refractivity contribution in [1.82, 2.24) is 0 Å². The fourth-order valence-electron chi connectivity index (χ4n) is 2.12. The summed E-state index contributed by atoms with van der Waals surface area (Å²) in [5.74, 6) is -0.849. The third-order valence-corrected chi connectivity index (χ3v) is 3.15. The normalized spacial score (nSPS) is 10.4. The van der Waals surface area contributed by atoms with Crippen LogP contribution in [0.15, 0.2) is 36.4 Å². The van der Waals surface area contributed by atoms with Gasteiger partial charge in [0, 0.05) is 18.3 Å². The average molecular weight is 272 g/mol. The van der Waals surface area contributed by atoms with Gasteiger partial charge in [0.1, 0.15) is 5.82 Å². The second kappa shape index (κ2) is 5.33. The number of halogens is 1. The van der Waals surface area contributed by atoms with Gasteiger partial charge >= 0.3 is 0 Å². The first-order chi connectivity index (χ1) is 9.38. The standard InChI is InChI=1S/C16H17FN2O/c1-10-6-11(2)8-13(7-10)19(3)16(20)12-4-5-15(18)14(17)9-12/h4-9H,18H2,1-3H3. The molecule has 2 aromatic rings. The Balaban J connectivity index is 2.34. The second-order valence-electron chi connectivity index (χ2n) is 4.95. The van der Waals surface area contributed by atoms with Crippen LogP contribution in [0.2, 0.25) is 0 Å². The Kier molecular flexibility index (Phi) is 3.74. The van der Waals surface area contributed by atoms with Crippen LogP contribution in [0.3, 0.4) is 0 Å². The zero-order chi connectivity index (χ0) is 14.9. The molecule has 2 rings (SSSR count). The summed E-state index contributed by atoms with van der Waals surface area (Å²) in [7, 11) is 1.67. The summed E-state index contributed by atoms with van der Waals surface area (Å²) < 4.78 is 13.4. The smallest absolute Gasteiger partial charge is 0.258 e. The predicted octanol–water partition coefficient (Wildman–Crippen LogP) is 3.30. The van der Waals surface area contributed by atoms with E-state index in [4.69, 9.17) is 5.73 Å². The largest absolute Gasteiger partial charge is 0.396 e. The van der Waals surface area contributed by atoms with Crippen molar-refractivity contribution in [3.8, 4) is 0 Å². The van der Waals surface area contributed by atoms with Gasteiger partial charge < -0.3 is 10.6 Å². The molecule has 0 aliphatic carbocycles. The van der Waals surface area contributed by atoms with Crippen LogP contribution in [0.1, 0.15) is 21.5 Å². The molecule has 1 amide bonds. The number of amides is 1. The molecule has 2 N–H and O–H groups in total. The van der Waals surface area contributed by atoms with Crippen molar-refractivity contribution in [2.45, 2.75) is 13.8 Å². The number of nitrogens with zero attached hydrogens (tertiary/aromatic N) is 1. The summed E-state index contributed by atoms with van der Waals surface area (Å²) in [6.45, 7) is 3.94. The van der Waals surface area contributed by atoms with Crippen LogP contribution in [0.5, 0.6) is 0 Å². The first-order valence-corrected chi connectivity index (χ1v) is 6.30. The summed E-state index contributed by atoms with van der Waals surface area (Å²) >= 11 is 0. The molecule has 0 saturated heterocycles. The molecule has 0 aliphatic heterocycles. The van der Waals surface area contributed by atoms with Crippen LogP contribution >= 0.6 is 0 Å². The number of hydrogen-bond donors (Lipinski definition) is 1. The Morgan fingerprint density at radius 2 is 1.70 bits per heavy atom. The quantitative estimate of drug-likeness (QED) is 0.853. The van der Waals surface area contributed by atoms with E-state index in [0.29, 0.717) is 0 Å². The number of carbonyl (C=O) groups is 1. The third kappa shape index (κ3) is 2.79. The number of hydrogen-bond acceptors (Lipinski definition) is 2. The maximum atomic E-state index is 13.4. The van der Waals surface area contributed by atoms with Gasteiger partial charge in [-0.15, -0.1) is 0 Å². The summed E-state index contributed by atoms with van der Waals surface area (Å²) in [6, 6.07) is 9.95. The van der Waals surface area contributed by atoms with Crippen molar-refractivity contribution in [3.63, 3.8) is 0 Å². The predicted molar refractivity (Wildman–Crippen MR) is 79.5 cm³/mol. The van der Waals surface area contributed by atoms with Gasteiger partial charge in [-0.3, -0.25) is 4.79 Å². The Morgan fingerprint density at radius 1 is 1.10 bits per heavy atom. The van der Waals surface area contributed by atoms with E-state index in [0.717, 1.165) is 22.9 Å². The highest BCUT2D eigenvalue weighted by molar-refractivity contribution is 6.06. The molecule has 0 saturated carbocycles. The van der Waals surface area contributed by atoms with Crippen molar-refractivity contribution < 1.29 is 9.18 Å². The van der Waals surface area contributed by atoms with Crippen LogP contribution in [0.25, 0.3) is 0 Å². The summed E-state index contributed by atoms with van der Waals surface area (Å²) in [6.07, 6.45) is 0. The van der Waals surface area contributed by atoms with Crippen molar-refractivity contribution in [2.24, 2.45) is 0 Å². The van der Waals surface area contributed by atoms with Gasteiger partial charge in [0.2, 0.25) is 0 Å². The Bertz CT molecular complexity index is 647. The minimum Gasteiger partial charge on any atom is -0.396 e. The van der Waals surface area contributed by atoms with Crippen molar-refractivity contribution in [3.05, 3.63) is 58.9 Å². The topological polar surface area (TPSA) is 46.3 Å². The molecule has 0 bridgehead atoms. The molecule has 0 radical (unpaired) electrons. The zero-order valence-electron chi connectivity index (χ0n) is 11.8. The fourth-order valence-corrected chi connectivity index (χ4v) is 2.12. The number of aryl methyl sites for hydroxylation is 2. The molecule has 3 nitrogen and oxygen atoms in total. The maximum Gasteiger partial charge on any atom is 0.258 e. The van der Waals surface area contributed by atoms with E-state index in [-0.39, 0.29) is 17.2 Å². The van der Waals surface area contributed by atoms with E-state index in [1.807, 2.05) is 32.0 Å². The molecule has 0 spiro atoms. The van der Waals surface area contributed by atoms with Crippen LogP contribution in [-0.2, 0) is 0 Å². The monoisotopic (exact) mass is 272 g/mol. The van der Waals surface area contributed by atoms with Gasteiger partial charge in [-0.2, -0.15) is 0 Å². The van der Waals surface area contributed by atoms with Gasteiger partial charge in [0.25, 0.3) is 5.91 Å². The SMILES string of the molecule is Cc1cc(C)cc(N(C)C(=O)c2ccc(N)c(F)c2)c1.